The van der Waals surface area contributed by atoms with Crippen molar-refractivity contribution in [2.24, 2.45) is 0 Å². The molecule has 1 aromatic heterocycles. The molecule has 3 rings (SSSR count). The maximum absolute atomic E-state index is 14.0. The zero-order chi connectivity index (χ0) is 23.4. The predicted molar refractivity (Wildman–Crippen MR) is 117 cm³/mol. The number of benzene rings is 1. The van der Waals surface area contributed by atoms with Gasteiger partial charge in [-0.1, -0.05) is 42.8 Å². The number of rotatable bonds is 7. The van der Waals surface area contributed by atoms with Gasteiger partial charge in [0.2, 0.25) is 5.91 Å². The van der Waals surface area contributed by atoms with Crippen LogP contribution in [0.1, 0.15) is 42.7 Å². The minimum absolute atomic E-state index is 0.0946. The SMILES string of the molecule is CC[C@@]1(C#N)CC(F)(F)CN1C(=O)CNC(O)c1ccncc1/C=C/c1ccc(Cl)cc1. The van der Waals surface area contributed by atoms with Crippen molar-refractivity contribution in [2.45, 2.75) is 37.5 Å². The highest BCUT2D eigenvalue weighted by molar-refractivity contribution is 6.30. The van der Waals surface area contributed by atoms with Gasteiger partial charge in [-0.2, -0.15) is 5.26 Å². The van der Waals surface area contributed by atoms with E-state index in [0.29, 0.717) is 16.1 Å². The van der Waals surface area contributed by atoms with E-state index in [-0.39, 0.29) is 6.42 Å². The van der Waals surface area contributed by atoms with Crippen LogP contribution in [0.5, 0.6) is 0 Å². The number of carbonyl (C=O) groups excluding carboxylic acids is 1. The Bertz CT molecular complexity index is 1040. The van der Waals surface area contributed by atoms with Gasteiger partial charge in [-0.05, 0) is 35.7 Å². The summed E-state index contributed by atoms with van der Waals surface area (Å²) in [5.74, 6) is -3.79. The minimum Gasteiger partial charge on any atom is -0.374 e. The van der Waals surface area contributed by atoms with Gasteiger partial charge in [-0.25, -0.2) is 8.78 Å². The van der Waals surface area contributed by atoms with Crippen LogP contribution in [0.2, 0.25) is 5.02 Å². The van der Waals surface area contributed by atoms with Crippen molar-refractivity contribution >= 4 is 29.7 Å². The number of pyridine rings is 1. The van der Waals surface area contributed by atoms with Crippen molar-refractivity contribution in [1.29, 1.82) is 5.26 Å². The van der Waals surface area contributed by atoms with E-state index in [4.69, 9.17) is 11.6 Å². The summed E-state index contributed by atoms with van der Waals surface area (Å²) >= 11 is 5.89. The quantitative estimate of drug-likeness (QED) is 0.609. The third-order valence-corrected chi connectivity index (χ3v) is 5.76. The fourth-order valence-electron chi connectivity index (χ4n) is 3.74. The molecule has 1 unspecified atom stereocenters. The van der Waals surface area contributed by atoms with Crippen molar-refractivity contribution in [1.82, 2.24) is 15.2 Å². The zero-order valence-electron chi connectivity index (χ0n) is 17.4. The third kappa shape index (κ3) is 5.30. The fourth-order valence-corrected chi connectivity index (χ4v) is 3.86. The van der Waals surface area contributed by atoms with Crippen molar-refractivity contribution in [3.63, 3.8) is 0 Å². The molecular formula is C23H23ClF2N4O2. The molecule has 0 aliphatic carbocycles. The molecule has 0 spiro atoms. The summed E-state index contributed by atoms with van der Waals surface area (Å²) in [4.78, 5) is 17.6. The van der Waals surface area contributed by atoms with Crippen LogP contribution in [0.3, 0.4) is 0 Å². The highest BCUT2D eigenvalue weighted by Crippen LogP contribution is 2.41. The summed E-state index contributed by atoms with van der Waals surface area (Å²) in [5.41, 5.74) is 0.426. The number of likely N-dealkylation sites (tertiary alicyclic amines) is 1. The van der Waals surface area contributed by atoms with Crippen LogP contribution in [-0.2, 0) is 4.79 Å². The molecule has 2 atom stereocenters. The molecule has 2 heterocycles. The number of aliphatic hydroxyl groups excluding tert-OH is 1. The number of hydrogen-bond acceptors (Lipinski definition) is 5. The van der Waals surface area contributed by atoms with Crippen molar-refractivity contribution in [2.75, 3.05) is 13.1 Å². The molecule has 0 radical (unpaired) electrons. The van der Waals surface area contributed by atoms with E-state index in [1.807, 2.05) is 24.3 Å². The van der Waals surface area contributed by atoms with E-state index in [1.165, 1.54) is 6.20 Å². The molecule has 32 heavy (non-hydrogen) atoms. The van der Waals surface area contributed by atoms with E-state index < -0.39 is 43.1 Å². The van der Waals surface area contributed by atoms with Gasteiger partial charge in [0.1, 0.15) is 11.8 Å². The van der Waals surface area contributed by atoms with Crippen LogP contribution in [0, 0.1) is 11.3 Å². The first-order valence-electron chi connectivity index (χ1n) is 10.1. The van der Waals surface area contributed by atoms with E-state index in [0.717, 1.165) is 10.5 Å². The van der Waals surface area contributed by atoms with Crippen molar-refractivity contribution in [3.8, 4) is 6.07 Å². The molecule has 168 valence electrons. The first-order valence-corrected chi connectivity index (χ1v) is 10.5. The van der Waals surface area contributed by atoms with Gasteiger partial charge in [-0.3, -0.25) is 15.1 Å². The summed E-state index contributed by atoms with van der Waals surface area (Å²) in [6.07, 6.45) is 4.81. The number of hydrogen-bond donors (Lipinski definition) is 2. The van der Waals surface area contributed by atoms with Crippen LogP contribution < -0.4 is 5.32 Å². The molecule has 9 heteroatoms. The summed E-state index contributed by atoms with van der Waals surface area (Å²) in [6.45, 7) is 0.391. The Morgan fingerprint density at radius 2 is 2.09 bits per heavy atom. The molecular weight excluding hydrogens is 438 g/mol. The highest BCUT2D eigenvalue weighted by atomic mass is 35.5. The normalized spacial score (nSPS) is 20.9. The molecule has 1 saturated heterocycles. The lowest BCUT2D eigenvalue weighted by Gasteiger charge is -2.31. The van der Waals surface area contributed by atoms with E-state index in [9.17, 15) is 23.9 Å². The zero-order valence-corrected chi connectivity index (χ0v) is 18.2. The second-order valence-corrected chi connectivity index (χ2v) is 8.12. The summed E-state index contributed by atoms with van der Waals surface area (Å²) in [6, 6.07) is 10.7. The monoisotopic (exact) mass is 460 g/mol. The van der Waals surface area contributed by atoms with Gasteiger partial charge in [0.05, 0.1) is 19.2 Å². The second-order valence-electron chi connectivity index (χ2n) is 7.68. The smallest absolute Gasteiger partial charge is 0.268 e. The first-order chi connectivity index (χ1) is 15.2. The standard InChI is InChI=1S/C23H23ClF2N4O2/c1-2-22(14-27)13-23(25,26)15-30(22)20(31)12-29-21(32)19-9-10-28-11-17(19)6-3-16-4-7-18(24)8-5-16/h3-11,21,29,32H,2,12-13,15H2,1H3/b6-3+/t21?,22-/m0/s1. The number of nitriles is 1. The Morgan fingerprint density at radius 3 is 2.75 bits per heavy atom. The molecule has 2 aromatic rings. The minimum atomic E-state index is -3.12. The van der Waals surface area contributed by atoms with Crippen LogP contribution in [0.25, 0.3) is 12.2 Å². The van der Waals surface area contributed by atoms with E-state index >= 15 is 0 Å². The van der Waals surface area contributed by atoms with Crippen molar-refractivity contribution in [3.05, 3.63) is 64.4 Å². The Labute approximate surface area is 190 Å². The summed E-state index contributed by atoms with van der Waals surface area (Å²) < 4.78 is 27.9. The lowest BCUT2D eigenvalue weighted by Crippen LogP contribution is -2.49. The maximum Gasteiger partial charge on any atom is 0.268 e. The number of amides is 1. The molecule has 1 fully saturated rings. The lowest BCUT2D eigenvalue weighted by molar-refractivity contribution is -0.134. The number of nitrogens with one attached hydrogen (secondary N) is 1. The fraction of sp³-hybridized carbons (Fsp3) is 0.348. The summed E-state index contributed by atoms with van der Waals surface area (Å²) in [5, 5.41) is 23.3. The van der Waals surface area contributed by atoms with Crippen LogP contribution in [0.4, 0.5) is 8.78 Å². The third-order valence-electron chi connectivity index (χ3n) is 5.50. The topological polar surface area (TPSA) is 89.2 Å². The van der Waals surface area contributed by atoms with Gasteiger partial charge in [0.15, 0.2) is 0 Å². The largest absolute Gasteiger partial charge is 0.374 e. The van der Waals surface area contributed by atoms with Gasteiger partial charge in [-0.15, -0.1) is 0 Å². The number of halogens is 3. The molecule has 1 aromatic carbocycles. The molecule has 1 aliphatic rings. The Morgan fingerprint density at radius 1 is 1.38 bits per heavy atom. The average molecular weight is 461 g/mol. The van der Waals surface area contributed by atoms with Crippen molar-refractivity contribution < 1.29 is 18.7 Å². The number of aliphatic hydroxyl groups is 1. The molecule has 0 saturated carbocycles. The van der Waals surface area contributed by atoms with Gasteiger partial charge < -0.3 is 10.0 Å². The lowest BCUT2D eigenvalue weighted by atomic mass is 9.94. The second kappa shape index (κ2) is 9.74. The first kappa shape index (κ1) is 23.8. The molecule has 6 nitrogen and oxygen atoms in total. The molecule has 2 N–H and O–H groups in total. The molecule has 1 aliphatic heterocycles. The average Bonchev–Trinajstić information content (AvgIpc) is 3.08. The number of nitrogens with zero attached hydrogens (tertiary/aromatic N) is 3. The van der Waals surface area contributed by atoms with Gasteiger partial charge >= 0.3 is 0 Å². The highest BCUT2D eigenvalue weighted by Gasteiger charge is 2.56. The predicted octanol–water partition coefficient (Wildman–Crippen LogP) is 4.03. The van der Waals surface area contributed by atoms with Crippen LogP contribution in [-0.4, -0.2) is 45.4 Å². The van der Waals surface area contributed by atoms with Crippen LogP contribution in [0.15, 0.2) is 42.7 Å². The van der Waals surface area contributed by atoms with Crippen LogP contribution >= 0.6 is 11.6 Å². The Balaban J connectivity index is 1.70. The number of aromatic nitrogens is 1. The van der Waals surface area contributed by atoms with E-state index in [1.54, 1.807) is 37.4 Å². The summed E-state index contributed by atoms with van der Waals surface area (Å²) in [7, 11) is 0. The molecule has 0 bridgehead atoms. The van der Waals surface area contributed by atoms with Gasteiger partial charge in [0, 0.05) is 29.4 Å². The maximum atomic E-state index is 14.0. The number of carbonyl (C=O) groups is 1. The Hall–Kier alpha value is -2.86. The van der Waals surface area contributed by atoms with E-state index in [2.05, 4.69) is 10.3 Å². The number of alkyl halides is 2. The molecule has 1 amide bonds. The Kier molecular flexibility index (Phi) is 7.24. The van der Waals surface area contributed by atoms with Gasteiger partial charge in [0.25, 0.3) is 5.92 Å².